The number of nitrogens with one attached hydrogen (secondary N) is 2. The Balaban J connectivity index is 1.95. The van der Waals surface area contributed by atoms with Crippen LogP contribution >= 0.6 is 0 Å². The van der Waals surface area contributed by atoms with Gasteiger partial charge in [-0.2, -0.15) is 0 Å². The molecule has 1 aliphatic rings. The van der Waals surface area contributed by atoms with Gasteiger partial charge in [0.25, 0.3) is 11.5 Å². The maximum Gasteiger partial charge on any atom is 0.261 e. The van der Waals surface area contributed by atoms with Crippen molar-refractivity contribution < 1.29 is 9.59 Å². The highest BCUT2D eigenvalue weighted by atomic mass is 16.2. The first-order chi connectivity index (χ1) is 10.5. The molecule has 0 radical (unpaired) electrons. The SMILES string of the molecule is C[C@@H]1CC(=O)c2cc(C(=O)Nc3ccccc3)c(=O)[nH]c2C1. The van der Waals surface area contributed by atoms with Crippen molar-refractivity contribution in [3.8, 4) is 0 Å². The molecule has 1 aliphatic carbocycles. The molecule has 2 N–H and O–H groups in total. The smallest absolute Gasteiger partial charge is 0.261 e. The van der Waals surface area contributed by atoms with Crippen LogP contribution in [0.2, 0.25) is 0 Å². The number of carbonyl (C=O) groups is 2. The van der Waals surface area contributed by atoms with E-state index in [1.54, 1.807) is 24.3 Å². The molecule has 112 valence electrons. The van der Waals surface area contributed by atoms with E-state index >= 15 is 0 Å². The Labute approximate surface area is 127 Å². The van der Waals surface area contributed by atoms with Crippen molar-refractivity contribution >= 4 is 17.4 Å². The lowest BCUT2D eigenvalue weighted by atomic mass is 9.86. The van der Waals surface area contributed by atoms with Crippen LogP contribution in [-0.4, -0.2) is 16.7 Å². The molecule has 0 fully saturated rings. The number of ketones is 1. The molecule has 1 aromatic carbocycles. The minimum Gasteiger partial charge on any atom is -0.325 e. The number of benzene rings is 1. The maximum atomic E-state index is 12.2. The van der Waals surface area contributed by atoms with Crippen molar-refractivity contribution in [3.63, 3.8) is 0 Å². The monoisotopic (exact) mass is 296 g/mol. The Hall–Kier alpha value is -2.69. The van der Waals surface area contributed by atoms with Crippen molar-refractivity contribution in [1.29, 1.82) is 0 Å². The van der Waals surface area contributed by atoms with Gasteiger partial charge >= 0.3 is 0 Å². The van der Waals surface area contributed by atoms with Gasteiger partial charge in [-0.15, -0.1) is 0 Å². The van der Waals surface area contributed by atoms with Crippen LogP contribution in [0.1, 0.15) is 39.8 Å². The van der Waals surface area contributed by atoms with E-state index in [1.165, 1.54) is 6.07 Å². The Morgan fingerprint density at radius 2 is 1.91 bits per heavy atom. The molecule has 0 bridgehead atoms. The van der Waals surface area contributed by atoms with Crippen LogP contribution in [0.5, 0.6) is 0 Å². The van der Waals surface area contributed by atoms with Crippen LogP contribution < -0.4 is 10.9 Å². The molecule has 5 nitrogen and oxygen atoms in total. The maximum absolute atomic E-state index is 12.2. The fourth-order valence-electron chi connectivity index (χ4n) is 2.71. The van der Waals surface area contributed by atoms with Crippen molar-refractivity contribution in [2.45, 2.75) is 19.8 Å². The van der Waals surface area contributed by atoms with Crippen LogP contribution in [0, 0.1) is 5.92 Å². The number of Topliss-reactive ketones (excluding diaryl/α,β-unsaturated/α-hetero) is 1. The Kier molecular flexibility index (Phi) is 3.63. The Morgan fingerprint density at radius 3 is 2.64 bits per heavy atom. The first kappa shape index (κ1) is 14.3. The van der Waals surface area contributed by atoms with Crippen LogP contribution in [0.15, 0.2) is 41.2 Å². The van der Waals surface area contributed by atoms with E-state index in [4.69, 9.17) is 0 Å². The highest BCUT2D eigenvalue weighted by molar-refractivity contribution is 6.06. The van der Waals surface area contributed by atoms with Gasteiger partial charge in [0.1, 0.15) is 5.56 Å². The number of fused-ring (bicyclic) bond motifs is 1. The van der Waals surface area contributed by atoms with Gasteiger partial charge in [-0.25, -0.2) is 0 Å². The lowest BCUT2D eigenvalue weighted by Crippen LogP contribution is -2.29. The summed E-state index contributed by atoms with van der Waals surface area (Å²) in [4.78, 5) is 39.1. The predicted octanol–water partition coefficient (Wildman–Crippen LogP) is 2.39. The number of amides is 1. The second kappa shape index (κ2) is 5.60. The first-order valence-electron chi connectivity index (χ1n) is 7.20. The average molecular weight is 296 g/mol. The summed E-state index contributed by atoms with van der Waals surface area (Å²) in [6, 6.07) is 10.3. The van der Waals surface area contributed by atoms with Gasteiger partial charge in [0.05, 0.1) is 0 Å². The van der Waals surface area contributed by atoms with Crippen LogP contribution in [0.4, 0.5) is 5.69 Å². The van der Waals surface area contributed by atoms with Gasteiger partial charge in [-0.05, 0) is 30.5 Å². The molecular formula is C17H16N2O3. The average Bonchev–Trinajstić information content (AvgIpc) is 2.47. The summed E-state index contributed by atoms with van der Waals surface area (Å²) in [7, 11) is 0. The zero-order valence-electron chi connectivity index (χ0n) is 12.2. The van der Waals surface area contributed by atoms with Crippen LogP contribution in [0.25, 0.3) is 0 Å². The first-order valence-corrected chi connectivity index (χ1v) is 7.20. The summed E-state index contributed by atoms with van der Waals surface area (Å²) in [6.07, 6.45) is 1.09. The molecule has 3 rings (SSSR count). The Morgan fingerprint density at radius 1 is 1.18 bits per heavy atom. The molecule has 2 aromatic rings. The number of pyridine rings is 1. The predicted molar refractivity (Wildman–Crippen MR) is 83.3 cm³/mol. The number of H-pyrrole nitrogens is 1. The third kappa shape index (κ3) is 2.70. The van der Waals surface area contributed by atoms with Gasteiger partial charge in [0.2, 0.25) is 0 Å². The summed E-state index contributed by atoms with van der Waals surface area (Å²) < 4.78 is 0. The summed E-state index contributed by atoms with van der Waals surface area (Å²) >= 11 is 0. The standard InChI is InChI=1S/C17H16N2O3/c1-10-7-14-12(15(20)8-10)9-13(17(22)19-14)16(21)18-11-5-3-2-4-6-11/h2-6,9-10H,7-8H2,1H3,(H,18,21)(H,19,22)/t10-/m0/s1. The Bertz CT molecular complexity index is 793. The lowest BCUT2D eigenvalue weighted by Gasteiger charge is -2.20. The second-order valence-electron chi connectivity index (χ2n) is 5.66. The summed E-state index contributed by atoms with van der Waals surface area (Å²) in [6.45, 7) is 1.97. The number of hydrogen-bond acceptors (Lipinski definition) is 3. The van der Waals surface area contributed by atoms with E-state index in [0.29, 0.717) is 29.8 Å². The highest BCUT2D eigenvalue weighted by Gasteiger charge is 2.25. The fraction of sp³-hybridized carbons (Fsp3) is 0.235. The van der Waals surface area contributed by atoms with Crippen molar-refractivity contribution in [1.82, 2.24) is 4.98 Å². The van der Waals surface area contributed by atoms with Gasteiger partial charge in [-0.3, -0.25) is 14.4 Å². The minimum atomic E-state index is -0.512. The highest BCUT2D eigenvalue weighted by Crippen LogP contribution is 2.23. The van der Waals surface area contributed by atoms with Gasteiger partial charge in [-0.1, -0.05) is 25.1 Å². The van der Waals surface area contributed by atoms with Gasteiger partial charge < -0.3 is 10.3 Å². The molecule has 0 saturated heterocycles. The van der Waals surface area contributed by atoms with Crippen molar-refractivity contribution in [2.24, 2.45) is 5.92 Å². The number of hydrogen-bond donors (Lipinski definition) is 2. The summed E-state index contributed by atoms with van der Waals surface area (Å²) in [5.74, 6) is -0.333. The van der Waals surface area contributed by atoms with E-state index < -0.39 is 11.5 Å². The number of aromatic amines is 1. The molecule has 0 unspecified atom stereocenters. The number of aromatic nitrogens is 1. The van der Waals surface area contributed by atoms with Gasteiger partial charge in [0, 0.05) is 23.4 Å². The molecule has 1 heterocycles. The fourth-order valence-corrected chi connectivity index (χ4v) is 2.71. The summed E-state index contributed by atoms with van der Waals surface area (Å²) in [5, 5.41) is 2.66. The number of carbonyl (C=O) groups excluding carboxylic acids is 2. The zero-order valence-corrected chi connectivity index (χ0v) is 12.2. The molecule has 1 aromatic heterocycles. The largest absolute Gasteiger partial charge is 0.325 e. The molecule has 1 amide bonds. The second-order valence-corrected chi connectivity index (χ2v) is 5.66. The van der Waals surface area contributed by atoms with Crippen molar-refractivity contribution in [2.75, 3.05) is 5.32 Å². The van der Waals surface area contributed by atoms with Crippen LogP contribution in [0.3, 0.4) is 0 Å². The van der Waals surface area contributed by atoms with E-state index in [1.807, 2.05) is 13.0 Å². The van der Waals surface area contributed by atoms with Gasteiger partial charge in [0.15, 0.2) is 5.78 Å². The molecule has 1 atom stereocenters. The topological polar surface area (TPSA) is 79.0 Å². The molecule has 22 heavy (non-hydrogen) atoms. The van der Waals surface area contributed by atoms with E-state index in [2.05, 4.69) is 10.3 Å². The number of anilines is 1. The third-order valence-corrected chi connectivity index (χ3v) is 3.79. The number of para-hydroxylation sites is 1. The van der Waals surface area contributed by atoms with Crippen molar-refractivity contribution in [3.05, 3.63) is 63.6 Å². The molecule has 5 heteroatoms. The minimum absolute atomic E-state index is 0.0289. The van der Waals surface area contributed by atoms with E-state index in [9.17, 15) is 14.4 Å². The summed E-state index contributed by atoms with van der Waals surface area (Å²) in [5.41, 5.74) is 1.19. The lowest BCUT2D eigenvalue weighted by molar-refractivity contribution is 0.0952. The molecule has 0 spiro atoms. The zero-order chi connectivity index (χ0) is 15.7. The van der Waals surface area contributed by atoms with E-state index in [0.717, 1.165) is 0 Å². The normalized spacial score (nSPS) is 17.0. The molecular weight excluding hydrogens is 280 g/mol. The molecule has 0 saturated carbocycles. The van der Waals surface area contributed by atoms with E-state index in [-0.39, 0.29) is 17.3 Å². The quantitative estimate of drug-likeness (QED) is 0.893. The number of rotatable bonds is 2. The van der Waals surface area contributed by atoms with Crippen LogP contribution in [-0.2, 0) is 6.42 Å². The third-order valence-electron chi connectivity index (χ3n) is 3.79. The molecule has 0 aliphatic heterocycles.